The highest BCUT2D eigenvalue weighted by Gasteiger charge is 2.29. The van der Waals surface area contributed by atoms with Crippen molar-refractivity contribution in [3.8, 4) is 0 Å². The molecule has 11 nitrogen and oxygen atoms in total. The number of nitrogens with two attached hydrogens (primary N) is 1. The third kappa shape index (κ3) is 8.99. The number of aliphatic carboxylic acids is 1. The maximum Gasteiger partial charge on any atom is 0.420 e. The average molecular weight is 471 g/mol. The molecule has 4 N–H and O–H groups in total. The Morgan fingerprint density at radius 2 is 1.32 bits per heavy atom. The number of hydrogen-bond acceptors (Lipinski definition) is 7. The maximum atomic E-state index is 12.6. The van der Waals surface area contributed by atoms with Gasteiger partial charge < -0.3 is 25.6 Å². The van der Waals surface area contributed by atoms with E-state index in [0.717, 1.165) is 0 Å². The number of carbonyl (C=O) groups excluding carboxylic acids is 4. The molecule has 4 amide bonds. The van der Waals surface area contributed by atoms with Crippen LogP contribution in [0.25, 0.3) is 0 Å². The Hall–Kier alpha value is -4.41. The molecule has 0 aromatic heterocycles. The molecule has 0 radical (unpaired) electrons. The molecule has 1 atom stereocenters. The van der Waals surface area contributed by atoms with Gasteiger partial charge in [-0.3, -0.25) is 9.59 Å². The minimum atomic E-state index is -1.44. The summed E-state index contributed by atoms with van der Waals surface area (Å²) in [6, 6.07) is 15.9. The van der Waals surface area contributed by atoms with Gasteiger partial charge in [0.1, 0.15) is 25.8 Å². The van der Waals surface area contributed by atoms with Crippen LogP contribution in [0.5, 0.6) is 0 Å². The number of primary amides is 1. The second kappa shape index (κ2) is 13.2. The summed E-state index contributed by atoms with van der Waals surface area (Å²) in [5.74, 6) is -3.11. The fourth-order valence-electron chi connectivity index (χ4n) is 2.73. The number of hydrogen-bond donors (Lipinski definition) is 3. The Kier molecular flexibility index (Phi) is 10.0. The van der Waals surface area contributed by atoms with Crippen LogP contribution in [-0.2, 0) is 37.1 Å². The number of imide groups is 1. The molecular formula is C23H25N3O8. The van der Waals surface area contributed by atoms with Gasteiger partial charge in [0.25, 0.3) is 0 Å². The van der Waals surface area contributed by atoms with Gasteiger partial charge in [0, 0.05) is 6.42 Å². The summed E-state index contributed by atoms with van der Waals surface area (Å²) in [5.41, 5.74) is 6.32. The Bertz CT molecular complexity index is 942. The lowest BCUT2D eigenvalue weighted by Gasteiger charge is -2.21. The van der Waals surface area contributed by atoms with Crippen molar-refractivity contribution in [2.24, 2.45) is 5.73 Å². The van der Waals surface area contributed by atoms with Gasteiger partial charge in [-0.1, -0.05) is 60.7 Å². The number of rotatable bonds is 11. The highest BCUT2D eigenvalue weighted by Crippen LogP contribution is 2.08. The zero-order chi connectivity index (χ0) is 24.9. The van der Waals surface area contributed by atoms with Crippen molar-refractivity contribution in [1.82, 2.24) is 10.2 Å². The number of amides is 4. The van der Waals surface area contributed by atoms with Gasteiger partial charge in [-0.05, 0) is 17.5 Å². The second-order valence-corrected chi connectivity index (χ2v) is 7.13. The largest absolute Gasteiger partial charge is 0.480 e. The molecule has 0 bridgehead atoms. The molecule has 0 unspecified atom stereocenters. The monoisotopic (exact) mass is 471 g/mol. The van der Waals surface area contributed by atoms with Crippen LogP contribution in [0, 0.1) is 0 Å². The van der Waals surface area contributed by atoms with Crippen LogP contribution in [0.3, 0.4) is 0 Å². The summed E-state index contributed by atoms with van der Waals surface area (Å²) in [5, 5.41) is 11.4. The van der Waals surface area contributed by atoms with Crippen molar-refractivity contribution in [1.29, 1.82) is 0 Å². The first kappa shape index (κ1) is 25.8. The molecule has 0 saturated carbocycles. The van der Waals surface area contributed by atoms with Crippen LogP contribution in [0.2, 0.25) is 0 Å². The van der Waals surface area contributed by atoms with Crippen LogP contribution in [-0.4, -0.2) is 52.6 Å². The molecule has 0 spiro atoms. The fourth-order valence-corrected chi connectivity index (χ4v) is 2.73. The molecule has 0 heterocycles. The van der Waals surface area contributed by atoms with E-state index in [0.29, 0.717) is 16.0 Å². The van der Waals surface area contributed by atoms with Crippen LogP contribution in [0.15, 0.2) is 60.7 Å². The summed E-state index contributed by atoms with van der Waals surface area (Å²) >= 11 is 0. The van der Waals surface area contributed by atoms with Crippen molar-refractivity contribution in [2.75, 3.05) is 6.54 Å². The molecule has 0 aliphatic carbocycles. The predicted octanol–water partition coefficient (Wildman–Crippen LogP) is 1.80. The zero-order valence-electron chi connectivity index (χ0n) is 18.2. The number of nitrogens with zero attached hydrogens (tertiary/aromatic N) is 1. The lowest BCUT2D eigenvalue weighted by Crippen LogP contribution is -2.49. The SMILES string of the molecule is NC(=O)CC[C@H](NC(=O)CN(C(=O)OCc1ccccc1)C(=O)OCc1ccccc1)C(=O)O. The van der Waals surface area contributed by atoms with Gasteiger partial charge in [-0.25, -0.2) is 19.3 Å². The molecule has 0 aliphatic heterocycles. The minimum Gasteiger partial charge on any atom is -0.480 e. The maximum absolute atomic E-state index is 12.6. The van der Waals surface area contributed by atoms with Gasteiger partial charge in [-0.15, -0.1) is 0 Å². The van der Waals surface area contributed by atoms with Gasteiger partial charge in [0.05, 0.1) is 0 Å². The molecule has 34 heavy (non-hydrogen) atoms. The van der Waals surface area contributed by atoms with Crippen LogP contribution >= 0.6 is 0 Å². The third-order valence-electron chi connectivity index (χ3n) is 4.47. The molecule has 0 saturated heterocycles. The highest BCUT2D eigenvalue weighted by atomic mass is 16.6. The number of ether oxygens (including phenoxy) is 2. The molecule has 2 aromatic carbocycles. The lowest BCUT2D eigenvalue weighted by molar-refractivity contribution is -0.142. The quantitative estimate of drug-likeness (QED) is 0.446. The van der Waals surface area contributed by atoms with E-state index in [1.807, 2.05) is 0 Å². The lowest BCUT2D eigenvalue weighted by atomic mass is 10.1. The summed E-state index contributed by atoms with van der Waals surface area (Å²) in [6.07, 6.45) is -2.84. The Morgan fingerprint density at radius 1 is 0.853 bits per heavy atom. The predicted molar refractivity (Wildman–Crippen MR) is 118 cm³/mol. The van der Waals surface area contributed by atoms with Crippen LogP contribution in [0.4, 0.5) is 9.59 Å². The van der Waals surface area contributed by atoms with E-state index in [1.165, 1.54) is 0 Å². The zero-order valence-corrected chi connectivity index (χ0v) is 18.2. The smallest absolute Gasteiger partial charge is 0.420 e. The van der Waals surface area contributed by atoms with Crippen LogP contribution < -0.4 is 11.1 Å². The molecule has 11 heteroatoms. The van der Waals surface area contributed by atoms with E-state index in [1.54, 1.807) is 60.7 Å². The number of carboxylic acids is 1. The summed E-state index contributed by atoms with van der Waals surface area (Å²) < 4.78 is 10.2. The summed E-state index contributed by atoms with van der Waals surface area (Å²) in [4.78, 5) is 60.3. The van der Waals surface area contributed by atoms with Crippen molar-refractivity contribution in [3.63, 3.8) is 0 Å². The molecule has 0 aliphatic rings. The molecule has 180 valence electrons. The minimum absolute atomic E-state index is 0.167. The van der Waals surface area contributed by atoms with Crippen molar-refractivity contribution in [3.05, 3.63) is 71.8 Å². The molecule has 0 fully saturated rings. The number of nitrogens with one attached hydrogen (secondary N) is 1. The Balaban J connectivity index is 2.06. The van der Waals surface area contributed by atoms with Gasteiger partial charge >= 0.3 is 18.2 Å². The van der Waals surface area contributed by atoms with Gasteiger partial charge in [-0.2, -0.15) is 0 Å². The number of benzene rings is 2. The topological polar surface area (TPSA) is 165 Å². The van der Waals surface area contributed by atoms with E-state index in [4.69, 9.17) is 15.2 Å². The molecular weight excluding hydrogens is 446 g/mol. The van der Waals surface area contributed by atoms with Gasteiger partial charge in [0.15, 0.2) is 0 Å². The third-order valence-corrected chi connectivity index (χ3v) is 4.47. The standard InChI is InChI=1S/C23H25N3O8/c24-19(27)12-11-18(21(29)30)25-20(28)13-26(22(31)33-14-16-7-3-1-4-8-16)23(32)34-15-17-9-5-2-6-10-17/h1-10,18H,11-15H2,(H2,24,27)(H,25,28)(H,29,30)/t18-/m0/s1. The van der Waals surface area contributed by atoms with Crippen molar-refractivity contribution in [2.45, 2.75) is 32.1 Å². The summed E-state index contributed by atoms with van der Waals surface area (Å²) in [6.45, 7) is -1.19. The van der Waals surface area contributed by atoms with Crippen molar-refractivity contribution < 1.29 is 38.6 Å². The number of carbonyl (C=O) groups is 5. The Morgan fingerprint density at radius 3 is 1.74 bits per heavy atom. The normalized spacial score (nSPS) is 11.1. The first-order valence-corrected chi connectivity index (χ1v) is 10.3. The Labute approximate surface area is 195 Å². The van der Waals surface area contributed by atoms with E-state index < -0.39 is 42.6 Å². The van der Waals surface area contributed by atoms with E-state index in [9.17, 15) is 29.1 Å². The number of carboxylic acid groups (broad SMARTS) is 1. The summed E-state index contributed by atoms with van der Waals surface area (Å²) in [7, 11) is 0. The van der Waals surface area contributed by atoms with Crippen molar-refractivity contribution >= 4 is 30.0 Å². The second-order valence-electron chi connectivity index (χ2n) is 7.13. The molecule has 2 rings (SSSR count). The van der Waals surface area contributed by atoms with E-state index in [2.05, 4.69) is 5.32 Å². The first-order chi connectivity index (χ1) is 16.3. The first-order valence-electron chi connectivity index (χ1n) is 10.3. The van der Waals surface area contributed by atoms with Crippen LogP contribution in [0.1, 0.15) is 24.0 Å². The average Bonchev–Trinajstić information content (AvgIpc) is 2.83. The highest BCUT2D eigenvalue weighted by molar-refractivity contribution is 5.94. The van der Waals surface area contributed by atoms with E-state index in [-0.39, 0.29) is 26.1 Å². The van der Waals surface area contributed by atoms with Gasteiger partial charge in [0.2, 0.25) is 11.8 Å². The van der Waals surface area contributed by atoms with E-state index >= 15 is 0 Å². The fraction of sp³-hybridized carbons (Fsp3) is 0.261. The molecule has 2 aromatic rings.